The molecule has 1 atom stereocenters. The molecule has 1 aliphatic rings. The lowest BCUT2D eigenvalue weighted by Crippen LogP contribution is -2.41. The number of fused-ring (bicyclic) bond motifs is 1. The zero-order chi connectivity index (χ0) is 27.8. The minimum atomic E-state index is -4.96. The van der Waals surface area contributed by atoms with Gasteiger partial charge in [-0.1, -0.05) is 6.92 Å². The Hall–Kier alpha value is -4.14. The molecule has 0 spiro atoms. The van der Waals surface area contributed by atoms with Gasteiger partial charge in [-0.05, 0) is 18.6 Å². The maximum atomic E-state index is 14.8. The SMILES string of the molecule is CCC(COC(F)(F)F)NC(=O)c1cn(-c2c(F)cc(F)cc2F)c2nc(N3CCNC3=O)ccc2c1=O. The van der Waals surface area contributed by atoms with E-state index in [9.17, 15) is 40.7 Å². The number of aromatic nitrogens is 2. The Morgan fingerprint density at radius 2 is 1.87 bits per heavy atom. The molecule has 3 aromatic rings. The van der Waals surface area contributed by atoms with Crippen LogP contribution in [0.3, 0.4) is 0 Å². The number of carbonyl (C=O) groups excluding carboxylic acids is 2. The van der Waals surface area contributed by atoms with E-state index in [2.05, 4.69) is 20.4 Å². The van der Waals surface area contributed by atoms with Crippen molar-refractivity contribution >= 4 is 28.8 Å². The van der Waals surface area contributed by atoms with E-state index >= 15 is 0 Å². The number of nitrogens with zero attached hydrogens (tertiary/aromatic N) is 3. The smallest absolute Gasteiger partial charge is 0.347 e. The molecule has 4 rings (SSSR count). The van der Waals surface area contributed by atoms with Gasteiger partial charge >= 0.3 is 12.4 Å². The molecule has 2 aromatic heterocycles. The molecule has 9 nitrogen and oxygen atoms in total. The molecule has 15 heteroatoms. The van der Waals surface area contributed by atoms with Gasteiger partial charge in [-0.25, -0.2) is 22.9 Å². The Morgan fingerprint density at radius 3 is 2.45 bits per heavy atom. The van der Waals surface area contributed by atoms with Gasteiger partial charge in [0.15, 0.2) is 17.3 Å². The van der Waals surface area contributed by atoms with Gasteiger partial charge in [0.1, 0.15) is 22.9 Å². The first-order chi connectivity index (χ1) is 17.9. The van der Waals surface area contributed by atoms with Crippen LogP contribution in [0.15, 0.2) is 35.3 Å². The van der Waals surface area contributed by atoms with E-state index in [1.54, 1.807) is 0 Å². The normalized spacial score (nSPS) is 14.6. The molecule has 0 bridgehead atoms. The first-order valence-electron chi connectivity index (χ1n) is 11.2. The average Bonchev–Trinajstić information content (AvgIpc) is 3.27. The van der Waals surface area contributed by atoms with Crippen LogP contribution in [0.4, 0.5) is 37.0 Å². The third-order valence-electron chi connectivity index (χ3n) is 5.71. The largest absolute Gasteiger partial charge is 0.522 e. The molecular formula is C23H19F6N5O4. The zero-order valence-corrected chi connectivity index (χ0v) is 19.5. The van der Waals surface area contributed by atoms with Gasteiger partial charge in [0, 0.05) is 31.4 Å². The monoisotopic (exact) mass is 543 g/mol. The third-order valence-corrected chi connectivity index (χ3v) is 5.71. The van der Waals surface area contributed by atoms with Crippen LogP contribution in [0.5, 0.6) is 0 Å². The number of carbonyl (C=O) groups is 2. The van der Waals surface area contributed by atoms with Gasteiger partial charge < -0.3 is 10.6 Å². The molecule has 2 N–H and O–H groups in total. The molecule has 3 amide bonds. The van der Waals surface area contributed by atoms with Gasteiger partial charge in [0.2, 0.25) is 5.43 Å². The summed E-state index contributed by atoms with van der Waals surface area (Å²) < 4.78 is 85.0. The van der Waals surface area contributed by atoms with E-state index in [0.717, 1.165) is 6.20 Å². The fourth-order valence-corrected chi connectivity index (χ4v) is 3.85. The molecule has 1 aromatic carbocycles. The highest BCUT2D eigenvalue weighted by Gasteiger charge is 2.31. The van der Waals surface area contributed by atoms with Gasteiger partial charge in [-0.3, -0.25) is 23.8 Å². The van der Waals surface area contributed by atoms with E-state index in [1.165, 1.54) is 24.0 Å². The van der Waals surface area contributed by atoms with Crippen molar-refractivity contribution in [1.29, 1.82) is 0 Å². The number of anilines is 1. The van der Waals surface area contributed by atoms with Gasteiger partial charge in [-0.15, -0.1) is 13.2 Å². The molecule has 1 unspecified atom stereocenters. The highest BCUT2D eigenvalue weighted by atomic mass is 19.4. The van der Waals surface area contributed by atoms with Crippen molar-refractivity contribution in [2.75, 3.05) is 24.6 Å². The Balaban J connectivity index is 1.87. The standard InChI is InChI=1S/C23H19F6N5O4/c1-2-12(10-38-23(27,28)29)31-21(36)14-9-34(18-15(25)7-11(24)8-16(18)26)20-13(19(14)35)3-4-17(32-20)33-6-5-30-22(33)37/h3-4,7-9,12H,2,5-6,10H2,1H3,(H,30,37)(H,31,36). The van der Waals surface area contributed by atoms with E-state index in [0.29, 0.717) is 23.2 Å². The first-order valence-corrected chi connectivity index (χ1v) is 11.2. The fourth-order valence-electron chi connectivity index (χ4n) is 3.85. The molecule has 1 aliphatic heterocycles. The van der Waals surface area contributed by atoms with Crippen molar-refractivity contribution in [3.63, 3.8) is 0 Å². The van der Waals surface area contributed by atoms with Crippen molar-refractivity contribution in [3.8, 4) is 5.69 Å². The molecule has 3 heterocycles. The van der Waals surface area contributed by atoms with Crippen LogP contribution in [0, 0.1) is 17.5 Å². The quantitative estimate of drug-likeness (QED) is 0.445. The zero-order valence-electron chi connectivity index (χ0n) is 19.5. The summed E-state index contributed by atoms with van der Waals surface area (Å²) in [7, 11) is 0. The highest BCUT2D eigenvalue weighted by Crippen LogP contribution is 2.25. The summed E-state index contributed by atoms with van der Waals surface area (Å²) in [5.74, 6) is -5.14. The Kier molecular flexibility index (Phi) is 7.31. The van der Waals surface area contributed by atoms with Crippen molar-refractivity contribution in [2.45, 2.75) is 25.7 Å². The number of ether oxygens (including phenoxy) is 1. The van der Waals surface area contributed by atoms with E-state index in [-0.39, 0.29) is 29.8 Å². The molecule has 0 saturated carbocycles. The number of rotatable bonds is 7. The molecular weight excluding hydrogens is 524 g/mol. The number of pyridine rings is 2. The van der Waals surface area contributed by atoms with Crippen LogP contribution in [-0.2, 0) is 4.74 Å². The predicted molar refractivity (Wildman–Crippen MR) is 122 cm³/mol. The second kappa shape index (κ2) is 10.3. The van der Waals surface area contributed by atoms with Crippen molar-refractivity contribution in [2.24, 2.45) is 0 Å². The Morgan fingerprint density at radius 1 is 1.18 bits per heavy atom. The van der Waals surface area contributed by atoms with Crippen LogP contribution >= 0.6 is 0 Å². The maximum absolute atomic E-state index is 14.8. The summed E-state index contributed by atoms with van der Waals surface area (Å²) in [5.41, 5.74) is -2.87. The van der Waals surface area contributed by atoms with E-state index in [4.69, 9.17) is 0 Å². The lowest BCUT2D eigenvalue weighted by molar-refractivity contribution is -0.326. The van der Waals surface area contributed by atoms with E-state index in [1.807, 2.05) is 0 Å². The summed E-state index contributed by atoms with van der Waals surface area (Å²) in [6.45, 7) is 1.02. The first kappa shape index (κ1) is 26.9. The van der Waals surface area contributed by atoms with Gasteiger partial charge in [0.25, 0.3) is 5.91 Å². The number of urea groups is 1. The summed E-state index contributed by atoms with van der Waals surface area (Å²) in [6.07, 6.45) is -4.22. The van der Waals surface area contributed by atoms with Gasteiger partial charge in [0.05, 0.1) is 18.0 Å². The highest BCUT2D eigenvalue weighted by molar-refractivity contribution is 5.98. The minimum Gasteiger partial charge on any atom is -0.347 e. The van der Waals surface area contributed by atoms with E-state index < -0.39 is 65.1 Å². The maximum Gasteiger partial charge on any atom is 0.522 e. The molecule has 0 aliphatic carbocycles. The topological polar surface area (TPSA) is 106 Å². The number of hydrogen-bond donors (Lipinski definition) is 2. The van der Waals surface area contributed by atoms with Crippen LogP contribution in [-0.4, -0.2) is 53.6 Å². The molecule has 0 radical (unpaired) electrons. The number of nitrogens with one attached hydrogen (secondary N) is 2. The number of hydrogen-bond acceptors (Lipinski definition) is 5. The second-order valence-electron chi connectivity index (χ2n) is 8.22. The number of halogens is 6. The van der Waals surface area contributed by atoms with Crippen molar-refractivity contribution in [1.82, 2.24) is 20.2 Å². The van der Waals surface area contributed by atoms with Crippen molar-refractivity contribution in [3.05, 3.63) is 63.7 Å². The third kappa shape index (κ3) is 5.41. The summed E-state index contributed by atoms with van der Waals surface area (Å²) >= 11 is 0. The second-order valence-corrected chi connectivity index (χ2v) is 8.22. The average molecular weight is 543 g/mol. The fraction of sp³-hybridized carbons (Fsp3) is 0.304. The summed E-state index contributed by atoms with van der Waals surface area (Å²) in [4.78, 5) is 43.6. The number of amides is 3. The van der Waals surface area contributed by atoms with Crippen LogP contribution in [0.25, 0.3) is 16.7 Å². The Labute approximate surface area is 210 Å². The number of alkyl halides is 3. The molecule has 38 heavy (non-hydrogen) atoms. The molecule has 202 valence electrons. The predicted octanol–water partition coefficient (Wildman–Crippen LogP) is 3.38. The van der Waals surface area contributed by atoms with Gasteiger partial charge in [-0.2, -0.15) is 0 Å². The van der Waals surface area contributed by atoms with Crippen LogP contribution in [0.1, 0.15) is 23.7 Å². The Bertz CT molecular complexity index is 1450. The lowest BCUT2D eigenvalue weighted by atomic mass is 10.1. The molecule has 1 fully saturated rings. The van der Waals surface area contributed by atoms with Crippen molar-refractivity contribution < 1.29 is 40.7 Å². The van der Waals surface area contributed by atoms with Crippen LogP contribution < -0.4 is 21.0 Å². The summed E-state index contributed by atoms with van der Waals surface area (Å²) in [5, 5.41) is 4.48. The minimum absolute atomic E-state index is 0.00632. The lowest BCUT2D eigenvalue weighted by Gasteiger charge is -2.20. The van der Waals surface area contributed by atoms with Crippen LogP contribution in [0.2, 0.25) is 0 Å². The number of benzene rings is 1. The summed E-state index contributed by atoms with van der Waals surface area (Å²) in [6, 6.07) is 1.55. The molecule has 1 saturated heterocycles.